The second-order valence-corrected chi connectivity index (χ2v) is 2.70. The summed E-state index contributed by atoms with van der Waals surface area (Å²) in [5.74, 6) is 0.730. The highest BCUT2D eigenvalue weighted by molar-refractivity contribution is 4.81. The molecule has 0 aromatic rings. The number of rotatable bonds is 3. The van der Waals surface area contributed by atoms with E-state index >= 15 is 0 Å². The van der Waals surface area contributed by atoms with E-state index in [0.29, 0.717) is 6.42 Å². The molecule has 2 heteroatoms. The third kappa shape index (κ3) is 2.48. The summed E-state index contributed by atoms with van der Waals surface area (Å²) in [4.78, 5) is 0. The van der Waals surface area contributed by atoms with Gasteiger partial charge in [-0.1, -0.05) is 12.8 Å². The highest BCUT2D eigenvalue weighted by Crippen LogP contribution is 2.33. The molecule has 2 nitrogen and oxygen atoms in total. The summed E-state index contributed by atoms with van der Waals surface area (Å²) in [6.07, 6.45) is 3.29. The second kappa shape index (κ2) is 2.84. The van der Waals surface area contributed by atoms with Crippen LogP contribution in [0.1, 0.15) is 25.7 Å². The quantitative estimate of drug-likeness (QED) is 0.613. The van der Waals surface area contributed by atoms with Crippen LogP contribution in [0, 0.1) is 17.2 Å². The molecule has 0 radical (unpaired) electrons. The van der Waals surface area contributed by atoms with Gasteiger partial charge in [0, 0.05) is 0 Å². The van der Waals surface area contributed by atoms with Crippen molar-refractivity contribution in [2.24, 2.45) is 5.92 Å². The van der Waals surface area contributed by atoms with E-state index in [0.717, 1.165) is 12.3 Å². The summed E-state index contributed by atoms with van der Waals surface area (Å²) in [5.41, 5.74) is 0. The van der Waals surface area contributed by atoms with Gasteiger partial charge < -0.3 is 5.11 Å². The van der Waals surface area contributed by atoms with Crippen LogP contribution in [0.25, 0.3) is 0 Å². The lowest BCUT2D eigenvalue weighted by atomic mass is 10.1. The maximum absolute atomic E-state index is 9.04. The van der Waals surface area contributed by atoms with Crippen LogP contribution in [0.2, 0.25) is 0 Å². The first kappa shape index (κ1) is 6.57. The van der Waals surface area contributed by atoms with Gasteiger partial charge >= 0.3 is 0 Å². The summed E-state index contributed by atoms with van der Waals surface area (Å²) in [6.45, 7) is 0. The van der Waals surface area contributed by atoms with Gasteiger partial charge in [0.25, 0.3) is 0 Å². The van der Waals surface area contributed by atoms with E-state index in [1.54, 1.807) is 0 Å². The van der Waals surface area contributed by atoms with Gasteiger partial charge in [-0.15, -0.1) is 0 Å². The normalized spacial score (nSPS) is 20.9. The average molecular weight is 125 g/mol. The fourth-order valence-electron chi connectivity index (χ4n) is 0.927. The molecule has 1 saturated carbocycles. The summed E-state index contributed by atoms with van der Waals surface area (Å²) in [6, 6.07) is 1.95. The zero-order valence-electron chi connectivity index (χ0n) is 5.38. The van der Waals surface area contributed by atoms with Crippen molar-refractivity contribution in [1.29, 1.82) is 5.26 Å². The standard InChI is InChI=1S/C7H11NO/c8-4-3-7(9)5-6-1-2-6/h6-7,9H,1-3,5H2. The molecule has 0 amide bonds. The summed E-state index contributed by atoms with van der Waals surface area (Å²) >= 11 is 0. The lowest BCUT2D eigenvalue weighted by Gasteiger charge is -2.01. The Labute approximate surface area is 55.1 Å². The smallest absolute Gasteiger partial charge is 0.0672 e. The molecule has 1 atom stereocenters. The molecule has 0 saturated heterocycles. The molecule has 0 heterocycles. The van der Waals surface area contributed by atoms with E-state index in [1.165, 1.54) is 12.8 Å². The van der Waals surface area contributed by atoms with E-state index in [2.05, 4.69) is 0 Å². The van der Waals surface area contributed by atoms with E-state index < -0.39 is 0 Å². The van der Waals surface area contributed by atoms with Crippen LogP contribution < -0.4 is 0 Å². The molecule has 1 unspecified atom stereocenters. The van der Waals surface area contributed by atoms with Crippen LogP contribution in [0.3, 0.4) is 0 Å². The summed E-state index contributed by atoms with van der Waals surface area (Å²) < 4.78 is 0. The van der Waals surface area contributed by atoms with E-state index in [-0.39, 0.29) is 6.10 Å². The van der Waals surface area contributed by atoms with Gasteiger partial charge in [0.1, 0.15) is 0 Å². The van der Waals surface area contributed by atoms with Crippen molar-refractivity contribution in [3.63, 3.8) is 0 Å². The Morgan fingerprint density at radius 2 is 2.33 bits per heavy atom. The van der Waals surface area contributed by atoms with Gasteiger partial charge in [-0.25, -0.2) is 0 Å². The molecule has 1 aliphatic rings. The van der Waals surface area contributed by atoms with Crippen LogP contribution in [0.15, 0.2) is 0 Å². The summed E-state index contributed by atoms with van der Waals surface area (Å²) in [5, 5.41) is 17.2. The molecule has 1 aliphatic carbocycles. The number of nitriles is 1. The SMILES string of the molecule is N#CCC(O)CC1CC1. The minimum Gasteiger partial charge on any atom is -0.392 e. The minimum absolute atomic E-state index is 0.302. The molecule has 0 aromatic heterocycles. The molecule has 0 aromatic carbocycles. The van der Waals surface area contributed by atoms with Crippen LogP contribution in [-0.4, -0.2) is 11.2 Å². The largest absolute Gasteiger partial charge is 0.392 e. The van der Waals surface area contributed by atoms with Crippen molar-refractivity contribution in [1.82, 2.24) is 0 Å². The molecule has 0 bridgehead atoms. The fourth-order valence-corrected chi connectivity index (χ4v) is 0.927. The predicted molar refractivity (Wildman–Crippen MR) is 33.6 cm³/mol. The monoisotopic (exact) mass is 125 g/mol. The molecule has 0 aliphatic heterocycles. The molecular formula is C7H11NO. The van der Waals surface area contributed by atoms with E-state index in [4.69, 9.17) is 10.4 Å². The van der Waals surface area contributed by atoms with Crippen molar-refractivity contribution in [3.8, 4) is 6.07 Å². The highest BCUT2D eigenvalue weighted by Gasteiger charge is 2.23. The van der Waals surface area contributed by atoms with Gasteiger partial charge in [0.05, 0.1) is 18.6 Å². The molecule has 1 rings (SSSR count). The number of nitrogens with zero attached hydrogens (tertiary/aromatic N) is 1. The topological polar surface area (TPSA) is 44.0 Å². The Kier molecular flexibility index (Phi) is 2.07. The first-order chi connectivity index (χ1) is 4.33. The van der Waals surface area contributed by atoms with Crippen LogP contribution in [0.5, 0.6) is 0 Å². The number of hydrogen-bond donors (Lipinski definition) is 1. The van der Waals surface area contributed by atoms with Crippen LogP contribution in [0.4, 0.5) is 0 Å². The van der Waals surface area contributed by atoms with Crippen LogP contribution >= 0.6 is 0 Å². The average Bonchev–Trinajstić information content (AvgIpc) is 2.50. The molecule has 0 spiro atoms. The number of aliphatic hydroxyl groups is 1. The Morgan fingerprint density at radius 3 is 2.78 bits per heavy atom. The Balaban J connectivity index is 2.03. The molecule has 1 fully saturated rings. The van der Waals surface area contributed by atoms with E-state index in [9.17, 15) is 0 Å². The lowest BCUT2D eigenvalue weighted by Crippen LogP contribution is -2.05. The lowest BCUT2D eigenvalue weighted by molar-refractivity contribution is 0.162. The van der Waals surface area contributed by atoms with Crippen molar-refractivity contribution < 1.29 is 5.11 Å². The van der Waals surface area contributed by atoms with Crippen molar-refractivity contribution in [2.45, 2.75) is 31.8 Å². The molecule has 50 valence electrons. The van der Waals surface area contributed by atoms with E-state index in [1.807, 2.05) is 6.07 Å². The highest BCUT2D eigenvalue weighted by atomic mass is 16.3. The van der Waals surface area contributed by atoms with Gasteiger partial charge in [-0.2, -0.15) is 5.26 Å². The predicted octanol–water partition coefficient (Wildman–Crippen LogP) is 1.06. The zero-order valence-corrected chi connectivity index (χ0v) is 5.38. The van der Waals surface area contributed by atoms with Crippen molar-refractivity contribution in [2.75, 3.05) is 0 Å². The van der Waals surface area contributed by atoms with Crippen LogP contribution in [-0.2, 0) is 0 Å². The summed E-state index contributed by atoms with van der Waals surface area (Å²) in [7, 11) is 0. The minimum atomic E-state index is -0.359. The molecule has 9 heavy (non-hydrogen) atoms. The van der Waals surface area contributed by atoms with Gasteiger partial charge in [-0.3, -0.25) is 0 Å². The van der Waals surface area contributed by atoms with Gasteiger partial charge in [0.15, 0.2) is 0 Å². The zero-order chi connectivity index (χ0) is 6.69. The number of aliphatic hydroxyl groups excluding tert-OH is 1. The first-order valence-electron chi connectivity index (χ1n) is 3.38. The fraction of sp³-hybridized carbons (Fsp3) is 0.857. The third-order valence-electron chi connectivity index (χ3n) is 1.63. The van der Waals surface area contributed by atoms with Gasteiger partial charge in [-0.05, 0) is 12.3 Å². The molecular weight excluding hydrogens is 114 g/mol. The third-order valence-corrected chi connectivity index (χ3v) is 1.63. The number of hydrogen-bond acceptors (Lipinski definition) is 2. The maximum Gasteiger partial charge on any atom is 0.0672 e. The van der Waals surface area contributed by atoms with Crippen molar-refractivity contribution >= 4 is 0 Å². The Hall–Kier alpha value is -0.550. The van der Waals surface area contributed by atoms with Crippen molar-refractivity contribution in [3.05, 3.63) is 0 Å². The molecule has 1 N–H and O–H groups in total. The second-order valence-electron chi connectivity index (χ2n) is 2.70. The van der Waals surface area contributed by atoms with Gasteiger partial charge in [0.2, 0.25) is 0 Å². The first-order valence-corrected chi connectivity index (χ1v) is 3.38. The Bertz CT molecular complexity index is 123. The maximum atomic E-state index is 9.04. The Morgan fingerprint density at radius 1 is 1.67 bits per heavy atom.